The zero-order valence-electron chi connectivity index (χ0n) is 9.04. The molecule has 1 aromatic rings. The molecule has 0 unspecified atom stereocenters. The Balaban J connectivity index is 1.44. The van der Waals surface area contributed by atoms with Crippen molar-refractivity contribution in [3.63, 3.8) is 0 Å². The average molecular weight is 222 g/mol. The maximum Gasteiger partial charge on any atom is 0.0959 e. The van der Waals surface area contributed by atoms with E-state index in [0.717, 1.165) is 18.4 Å². The lowest BCUT2D eigenvalue weighted by Gasteiger charge is -2.25. The summed E-state index contributed by atoms with van der Waals surface area (Å²) in [4.78, 5) is 5.90. The summed E-state index contributed by atoms with van der Waals surface area (Å²) in [5.41, 5.74) is 0. The lowest BCUT2D eigenvalue weighted by Crippen LogP contribution is -2.26. The molecule has 0 aromatic carbocycles. The first-order valence-electron chi connectivity index (χ1n) is 6.07. The number of hydrogen-bond acceptors (Lipinski definition) is 3. The second-order valence-electron chi connectivity index (χ2n) is 4.87. The zero-order valence-corrected chi connectivity index (χ0v) is 9.85. The maximum absolute atomic E-state index is 4.49. The minimum absolute atomic E-state index is 0.815. The fraction of sp³-hybridized carbons (Fsp3) is 0.750. The van der Waals surface area contributed by atoms with E-state index in [0.29, 0.717) is 0 Å². The Bertz CT molecular complexity index is 326. The van der Waals surface area contributed by atoms with Crippen LogP contribution in [0.2, 0.25) is 0 Å². The highest BCUT2D eigenvalue weighted by molar-refractivity contribution is 7.11. The van der Waals surface area contributed by atoms with Gasteiger partial charge in [-0.2, -0.15) is 0 Å². The summed E-state index contributed by atoms with van der Waals surface area (Å²) in [5, 5.41) is 4.92. The Morgan fingerprint density at radius 2 is 2.20 bits per heavy atom. The number of hydrogen-bond donors (Lipinski definition) is 1. The van der Waals surface area contributed by atoms with Gasteiger partial charge in [-0.25, -0.2) is 4.98 Å². The quantitative estimate of drug-likeness (QED) is 0.828. The highest BCUT2D eigenvalue weighted by Crippen LogP contribution is 2.41. The smallest absolute Gasteiger partial charge is 0.0959 e. The molecule has 0 saturated heterocycles. The van der Waals surface area contributed by atoms with Crippen molar-refractivity contribution in [3.05, 3.63) is 16.1 Å². The van der Waals surface area contributed by atoms with Crippen molar-refractivity contribution >= 4 is 11.3 Å². The molecule has 2 aliphatic rings. The molecule has 0 aliphatic heterocycles. The van der Waals surface area contributed by atoms with Crippen molar-refractivity contribution in [1.29, 1.82) is 0 Å². The lowest BCUT2D eigenvalue weighted by atomic mass is 9.85. The van der Waals surface area contributed by atoms with E-state index in [1.807, 2.05) is 11.3 Å². The van der Waals surface area contributed by atoms with E-state index < -0.39 is 0 Å². The molecular formula is C12H18N2S. The number of rotatable bonds is 5. The van der Waals surface area contributed by atoms with E-state index in [9.17, 15) is 0 Å². The van der Waals surface area contributed by atoms with Crippen LogP contribution in [0.4, 0.5) is 0 Å². The molecule has 0 bridgehead atoms. The van der Waals surface area contributed by atoms with Gasteiger partial charge in [0.05, 0.1) is 5.01 Å². The highest BCUT2D eigenvalue weighted by atomic mass is 32.1. The Morgan fingerprint density at radius 3 is 2.87 bits per heavy atom. The predicted octanol–water partition coefficient (Wildman–Crippen LogP) is 2.91. The van der Waals surface area contributed by atoms with Crippen molar-refractivity contribution in [2.45, 2.75) is 44.6 Å². The Morgan fingerprint density at radius 1 is 1.33 bits per heavy atom. The van der Waals surface area contributed by atoms with Crippen LogP contribution in [0.5, 0.6) is 0 Å². The first-order valence-corrected chi connectivity index (χ1v) is 6.89. The van der Waals surface area contributed by atoms with Crippen LogP contribution in [0.1, 0.15) is 47.9 Å². The van der Waals surface area contributed by atoms with Crippen molar-refractivity contribution in [1.82, 2.24) is 10.3 Å². The third kappa shape index (κ3) is 2.40. The predicted molar refractivity (Wildman–Crippen MR) is 63.1 cm³/mol. The van der Waals surface area contributed by atoms with Crippen LogP contribution >= 0.6 is 11.3 Å². The second kappa shape index (κ2) is 4.22. The number of aromatic nitrogens is 1. The molecule has 1 aromatic heterocycles. The van der Waals surface area contributed by atoms with E-state index in [4.69, 9.17) is 0 Å². The van der Waals surface area contributed by atoms with Crippen molar-refractivity contribution in [3.8, 4) is 0 Å². The molecular weight excluding hydrogens is 204 g/mol. The van der Waals surface area contributed by atoms with E-state index in [-0.39, 0.29) is 0 Å². The van der Waals surface area contributed by atoms with E-state index in [1.165, 1.54) is 48.5 Å². The number of nitrogens with zero attached hydrogens (tertiary/aromatic N) is 1. The summed E-state index contributed by atoms with van der Waals surface area (Å²) in [6.07, 6.45) is 9.10. The first kappa shape index (κ1) is 9.79. The first-order chi connectivity index (χ1) is 7.42. The van der Waals surface area contributed by atoms with Crippen LogP contribution in [0, 0.1) is 5.92 Å². The van der Waals surface area contributed by atoms with Gasteiger partial charge in [0.1, 0.15) is 0 Å². The van der Waals surface area contributed by atoms with Gasteiger partial charge in [-0.3, -0.25) is 0 Å². The summed E-state index contributed by atoms with van der Waals surface area (Å²) < 4.78 is 0. The lowest BCUT2D eigenvalue weighted by molar-refractivity contribution is 0.301. The van der Waals surface area contributed by atoms with Crippen LogP contribution in [0.15, 0.2) is 6.20 Å². The van der Waals surface area contributed by atoms with Crippen molar-refractivity contribution < 1.29 is 0 Å². The standard InChI is InChI=1S/C12H18N2S/c1-2-9(3-1)6-13-7-11-8-14-12(15-11)10-4-5-10/h8-10,13H,1-7H2. The van der Waals surface area contributed by atoms with Gasteiger partial charge in [-0.15, -0.1) is 11.3 Å². The average Bonchev–Trinajstić information content (AvgIpc) is 2.91. The third-order valence-corrected chi connectivity index (χ3v) is 4.61. The van der Waals surface area contributed by atoms with Gasteiger partial charge in [-0.1, -0.05) is 6.42 Å². The van der Waals surface area contributed by atoms with Crippen LogP contribution in [0.3, 0.4) is 0 Å². The van der Waals surface area contributed by atoms with E-state index in [2.05, 4.69) is 16.5 Å². The van der Waals surface area contributed by atoms with Gasteiger partial charge >= 0.3 is 0 Å². The second-order valence-corrected chi connectivity index (χ2v) is 6.01. The number of thiazole rings is 1. The molecule has 2 fully saturated rings. The van der Waals surface area contributed by atoms with Crippen LogP contribution in [0.25, 0.3) is 0 Å². The molecule has 0 amide bonds. The fourth-order valence-electron chi connectivity index (χ4n) is 2.02. The van der Waals surface area contributed by atoms with Gasteiger partial charge in [0.2, 0.25) is 0 Å². The Hall–Kier alpha value is -0.410. The normalized spacial score (nSPS) is 21.6. The molecule has 1 heterocycles. The van der Waals surface area contributed by atoms with Gasteiger partial charge in [-0.05, 0) is 38.1 Å². The van der Waals surface area contributed by atoms with Crippen LogP contribution in [-0.4, -0.2) is 11.5 Å². The molecule has 2 aliphatic carbocycles. The summed E-state index contributed by atoms with van der Waals surface area (Å²) in [6.45, 7) is 2.23. The third-order valence-electron chi connectivity index (χ3n) is 3.46. The van der Waals surface area contributed by atoms with Gasteiger partial charge < -0.3 is 5.32 Å². The van der Waals surface area contributed by atoms with Gasteiger partial charge in [0.15, 0.2) is 0 Å². The van der Waals surface area contributed by atoms with Gasteiger partial charge in [0.25, 0.3) is 0 Å². The topological polar surface area (TPSA) is 24.9 Å². The molecule has 82 valence electrons. The molecule has 2 saturated carbocycles. The largest absolute Gasteiger partial charge is 0.312 e. The molecule has 0 spiro atoms. The van der Waals surface area contributed by atoms with Crippen molar-refractivity contribution in [2.75, 3.05) is 6.54 Å². The molecule has 1 N–H and O–H groups in total. The molecule has 15 heavy (non-hydrogen) atoms. The molecule has 0 atom stereocenters. The van der Waals surface area contributed by atoms with E-state index >= 15 is 0 Å². The molecule has 0 radical (unpaired) electrons. The zero-order chi connectivity index (χ0) is 10.1. The van der Waals surface area contributed by atoms with Gasteiger partial charge in [0, 0.05) is 23.5 Å². The SMILES string of the molecule is c1nc(C2CC2)sc1CNCC1CCC1. The van der Waals surface area contributed by atoms with Crippen molar-refractivity contribution in [2.24, 2.45) is 5.92 Å². The Labute approximate surface area is 95.1 Å². The summed E-state index contributed by atoms with van der Waals surface area (Å²) in [7, 11) is 0. The summed E-state index contributed by atoms with van der Waals surface area (Å²) >= 11 is 1.91. The van der Waals surface area contributed by atoms with Crippen LogP contribution in [-0.2, 0) is 6.54 Å². The maximum atomic E-state index is 4.49. The molecule has 2 nitrogen and oxygen atoms in total. The minimum Gasteiger partial charge on any atom is -0.312 e. The monoisotopic (exact) mass is 222 g/mol. The highest BCUT2D eigenvalue weighted by Gasteiger charge is 2.26. The summed E-state index contributed by atoms with van der Waals surface area (Å²) in [5.74, 6) is 1.77. The summed E-state index contributed by atoms with van der Waals surface area (Å²) in [6, 6.07) is 0. The molecule has 3 rings (SSSR count). The number of nitrogens with one attached hydrogen (secondary N) is 1. The Kier molecular flexibility index (Phi) is 2.76. The fourth-order valence-corrected chi connectivity index (χ4v) is 3.08. The van der Waals surface area contributed by atoms with E-state index in [1.54, 1.807) is 0 Å². The minimum atomic E-state index is 0.815. The van der Waals surface area contributed by atoms with Crippen LogP contribution < -0.4 is 5.32 Å². The molecule has 3 heteroatoms.